The standard InChI is InChI=1S/C15H19BrO2/c16-13-6-4-11(5-7-13)12-9-14(10-12)18-15-3-1-2-8-17-15/h4-7,12,14-15H,1-3,8-10H2. The topological polar surface area (TPSA) is 18.5 Å². The summed E-state index contributed by atoms with van der Waals surface area (Å²) in [6, 6.07) is 8.66. The van der Waals surface area contributed by atoms with Gasteiger partial charge in [0.05, 0.1) is 6.10 Å². The quantitative estimate of drug-likeness (QED) is 0.831. The second-order valence-corrected chi connectivity index (χ2v) is 6.19. The number of ether oxygens (including phenoxy) is 2. The summed E-state index contributed by atoms with van der Waals surface area (Å²) < 4.78 is 12.7. The van der Waals surface area contributed by atoms with Crippen molar-refractivity contribution >= 4 is 15.9 Å². The predicted molar refractivity (Wildman–Crippen MR) is 74.6 cm³/mol. The van der Waals surface area contributed by atoms with Gasteiger partial charge in [0.25, 0.3) is 0 Å². The van der Waals surface area contributed by atoms with Gasteiger partial charge in [-0.05, 0) is 55.7 Å². The Balaban J connectivity index is 1.46. The predicted octanol–water partition coefficient (Wildman–Crippen LogP) is 4.24. The zero-order valence-corrected chi connectivity index (χ0v) is 12.1. The number of hydrogen-bond acceptors (Lipinski definition) is 2. The van der Waals surface area contributed by atoms with Gasteiger partial charge in [0.15, 0.2) is 6.29 Å². The molecular weight excluding hydrogens is 292 g/mol. The van der Waals surface area contributed by atoms with Crippen LogP contribution in [0.15, 0.2) is 28.7 Å². The number of hydrogen-bond donors (Lipinski definition) is 0. The molecule has 18 heavy (non-hydrogen) atoms. The highest BCUT2D eigenvalue weighted by molar-refractivity contribution is 9.10. The smallest absolute Gasteiger partial charge is 0.157 e. The summed E-state index contributed by atoms with van der Waals surface area (Å²) in [6.07, 6.45) is 6.25. The van der Waals surface area contributed by atoms with Crippen molar-refractivity contribution < 1.29 is 9.47 Å². The lowest BCUT2D eigenvalue weighted by Crippen LogP contribution is -2.35. The van der Waals surface area contributed by atoms with Crippen molar-refractivity contribution in [2.45, 2.75) is 50.4 Å². The fourth-order valence-electron chi connectivity index (χ4n) is 2.72. The summed E-state index contributed by atoms with van der Waals surface area (Å²) in [4.78, 5) is 0. The number of benzene rings is 1. The highest BCUT2D eigenvalue weighted by Gasteiger charge is 2.33. The van der Waals surface area contributed by atoms with Gasteiger partial charge in [-0.1, -0.05) is 28.1 Å². The molecule has 2 aliphatic rings. The van der Waals surface area contributed by atoms with E-state index in [2.05, 4.69) is 40.2 Å². The Morgan fingerprint density at radius 1 is 1.11 bits per heavy atom. The van der Waals surface area contributed by atoms with Crippen LogP contribution in [0.5, 0.6) is 0 Å². The zero-order valence-electron chi connectivity index (χ0n) is 10.5. The van der Waals surface area contributed by atoms with Crippen molar-refractivity contribution in [2.75, 3.05) is 6.61 Å². The molecule has 1 saturated carbocycles. The molecule has 2 fully saturated rings. The largest absolute Gasteiger partial charge is 0.353 e. The Morgan fingerprint density at radius 2 is 1.89 bits per heavy atom. The van der Waals surface area contributed by atoms with E-state index in [9.17, 15) is 0 Å². The summed E-state index contributed by atoms with van der Waals surface area (Å²) >= 11 is 3.47. The van der Waals surface area contributed by atoms with Crippen LogP contribution in [0.2, 0.25) is 0 Å². The lowest BCUT2D eigenvalue weighted by Gasteiger charge is -2.38. The summed E-state index contributed by atoms with van der Waals surface area (Å²) in [5.74, 6) is 0.673. The Hall–Kier alpha value is -0.380. The van der Waals surface area contributed by atoms with Gasteiger partial charge in [0.2, 0.25) is 0 Å². The van der Waals surface area contributed by atoms with Gasteiger partial charge in [-0.3, -0.25) is 0 Å². The first-order valence-corrected chi connectivity index (χ1v) is 7.63. The molecule has 0 N–H and O–H groups in total. The van der Waals surface area contributed by atoms with Crippen molar-refractivity contribution in [3.05, 3.63) is 34.3 Å². The van der Waals surface area contributed by atoms with E-state index < -0.39 is 0 Å². The fraction of sp³-hybridized carbons (Fsp3) is 0.600. The van der Waals surface area contributed by atoms with Crippen LogP contribution in [-0.4, -0.2) is 19.0 Å². The van der Waals surface area contributed by atoms with Gasteiger partial charge in [0.1, 0.15) is 0 Å². The SMILES string of the molecule is Brc1ccc(C2CC(OC3CCCCO3)C2)cc1. The molecule has 98 valence electrons. The molecular formula is C15H19BrO2. The van der Waals surface area contributed by atoms with Crippen LogP contribution in [0.25, 0.3) is 0 Å². The lowest BCUT2D eigenvalue weighted by molar-refractivity contribution is -0.204. The maximum atomic E-state index is 5.97. The molecule has 1 aliphatic carbocycles. The molecule has 1 aliphatic heterocycles. The minimum atomic E-state index is 0.0645. The van der Waals surface area contributed by atoms with E-state index in [-0.39, 0.29) is 6.29 Å². The van der Waals surface area contributed by atoms with Crippen molar-refractivity contribution in [3.8, 4) is 0 Å². The Labute approximate surface area is 117 Å². The van der Waals surface area contributed by atoms with Crippen LogP contribution in [0.3, 0.4) is 0 Å². The fourth-order valence-corrected chi connectivity index (χ4v) is 2.98. The van der Waals surface area contributed by atoms with Gasteiger partial charge < -0.3 is 9.47 Å². The van der Waals surface area contributed by atoms with E-state index in [0.717, 1.165) is 30.3 Å². The maximum absolute atomic E-state index is 5.97. The van der Waals surface area contributed by atoms with Gasteiger partial charge in [-0.2, -0.15) is 0 Å². The van der Waals surface area contributed by atoms with Gasteiger partial charge in [-0.15, -0.1) is 0 Å². The van der Waals surface area contributed by atoms with Gasteiger partial charge >= 0.3 is 0 Å². The molecule has 0 bridgehead atoms. The van der Waals surface area contributed by atoms with Gasteiger partial charge in [-0.25, -0.2) is 0 Å². The van der Waals surface area contributed by atoms with E-state index in [1.54, 1.807) is 0 Å². The first kappa shape index (κ1) is 12.6. The third-order valence-electron chi connectivity index (χ3n) is 3.92. The van der Waals surface area contributed by atoms with Crippen LogP contribution < -0.4 is 0 Å². The third kappa shape index (κ3) is 2.95. The minimum Gasteiger partial charge on any atom is -0.353 e. The summed E-state index contributed by atoms with van der Waals surface area (Å²) in [5, 5.41) is 0. The summed E-state index contributed by atoms with van der Waals surface area (Å²) in [5.41, 5.74) is 1.43. The third-order valence-corrected chi connectivity index (χ3v) is 4.45. The molecule has 3 rings (SSSR count). The Bertz CT molecular complexity index is 378. The van der Waals surface area contributed by atoms with Crippen LogP contribution in [-0.2, 0) is 9.47 Å². The first-order valence-electron chi connectivity index (χ1n) is 6.84. The normalized spacial score (nSPS) is 31.9. The monoisotopic (exact) mass is 310 g/mol. The van der Waals surface area contributed by atoms with Crippen LogP contribution in [0.4, 0.5) is 0 Å². The molecule has 0 spiro atoms. The van der Waals surface area contributed by atoms with E-state index in [0.29, 0.717) is 12.0 Å². The van der Waals surface area contributed by atoms with E-state index in [1.807, 2.05) is 0 Å². The summed E-state index contributed by atoms with van der Waals surface area (Å²) in [7, 11) is 0. The summed E-state index contributed by atoms with van der Waals surface area (Å²) in [6.45, 7) is 0.869. The van der Waals surface area contributed by atoms with Crippen LogP contribution >= 0.6 is 15.9 Å². The molecule has 1 unspecified atom stereocenters. The molecule has 1 atom stereocenters. The molecule has 0 radical (unpaired) electrons. The second-order valence-electron chi connectivity index (χ2n) is 5.27. The molecule has 1 aromatic rings. The average Bonchev–Trinajstić information content (AvgIpc) is 2.36. The van der Waals surface area contributed by atoms with Crippen molar-refractivity contribution in [1.82, 2.24) is 0 Å². The molecule has 0 aromatic heterocycles. The van der Waals surface area contributed by atoms with Crippen LogP contribution in [0.1, 0.15) is 43.6 Å². The van der Waals surface area contributed by atoms with Crippen molar-refractivity contribution in [3.63, 3.8) is 0 Å². The minimum absolute atomic E-state index is 0.0645. The van der Waals surface area contributed by atoms with Crippen LogP contribution in [0, 0.1) is 0 Å². The van der Waals surface area contributed by atoms with E-state index in [1.165, 1.54) is 18.4 Å². The Kier molecular flexibility index (Phi) is 4.02. The average molecular weight is 311 g/mol. The number of halogens is 1. The highest BCUT2D eigenvalue weighted by Crippen LogP contribution is 2.40. The molecule has 1 aromatic carbocycles. The highest BCUT2D eigenvalue weighted by atomic mass is 79.9. The van der Waals surface area contributed by atoms with E-state index >= 15 is 0 Å². The Morgan fingerprint density at radius 3 is 2.56 bits per heavy atom. The molecule has 1 heterocycles. The second kappa shape index (κ2) is 5.72. The lowest BCUT2D eigenvalue weighted by atomic mass is 9.77. The maximum Gasteiger partial charge on any atom is 0.157 e. The number of rotatable bonds is 3. The van der Waals surface area contributed by atoms with E-state index in [4.69, 9.17) is 9.47 Å². The molecule has 0 amide bonds. The zero-order chi connectivity index (χ0) is 12.4. The van der Waals surface area contributed by atoms with Crippen molar-refractivity contribution in [2.24, 2.45) is 0 Å². The first-order chi connectivity index (χ1) is 8.81. The molecule has 2 nitrogen and oxygen atoms in total. The molecule has 1 saturated heterocycles. The van der Waals surface area contributed by atoms with Gasteiger partial charge in [0, 0.05) is 11.1 Å². The molecule has 3 heteroatoms. The van der Waals surface area contributed by atoms with Crippen molar-refractivity contribution in [1.29, 1.82) is 0 Å².